The van der Waals surface area contributed by atoms with Crippen molar-refractivity contribution in [2.24, 2.45) is 0 Å². The van der Waals surface area contributed by atoms with Crippen molar-refractivity contribution in [1.82, 2.24) is 0 Å². The number of carbonyl (C=O) groups is 2. The largest absolute Gasteiger partial charge is 0.466 e. The lowest BCUT2D eigenvalue weighted by Gasteiger charge is -2.07. The van der Waals surface area contributed by atoms with E-state index in [2.05, 4.69) is 6.92 Å². The van der Waals surface area contributed by atoms with Crippen molar-refractivity contribution in [2.75, 3.05) is 6.61 Å². The van der Waals surface area contributed by atoms with Crippen LogP contribution in [0.2, 0.25) is 10.0 Å². The van der Waals surface area contributed by atoms with E-state index in [-0.39, 0.29) is 18.5 Å². The molecule has 1 rings (SSSR count). The lowest BCUT2D eigenvalue weighted by molar-refractivity contribution is -0.145. The Morgan fingerprint density at radius 1 is 0.636 bits per heavy atom. The summed E-state index contributed by atoms with van der Waals surface area (Å²) in [6, 6.07) is 5.09. The summed E-state index contributed by atoms with van der Waals surface area (Å²) in [7, 11) is 0. The number of ether oxygens (including phenoxy) is 2. The Hall–Kier alpha value is -1.26. The lowest BCUT2D eigenvalue weighted by atomic mass is 10.1. The van der Waals surface area contributed by atoms with E-state index in [0.29, 0.717) is 35.9 Å². The Bertz CT molecular complexity index is 643. The highest BCUT2D eigenvalue weighted by molar-refractivity contribution is 6.34. The Morgan fingerprint density at radius 2 is 1.09 bits per heavy atom. The van der Waals surface area contributed by atoms with E-state index in [4.69, 9.17) is 32.7 Å². The molecule has 0 heterocycles. The van der Waals surface area contributed by atoms with Gasteiger partial charge in [-0.2, -0.15) is 0 Å². The summed E-state index contributed by atoms with van der Waals surface area (Å²) in [5.41, 5.74) is 0.765. The average Bonchev–Trinajstić information content (AvgIpc) is 2.77. The maximum Gasteiger partial charge on any atom is 0.306 e. The first kappa shape index (κ1) is 29.8. The third-order valence-electron chi connectivity index (χ3n) is 5.59. The fraction of sp³-hybridized carbons (Fsp3) is 0.704. The molecule has 0 radical (unpaired) electrons. The number of rotatable bonds is 20. The van der Waals surface area contributed by atoms with Crippen LogP contribution in [0.5, 0.6) is 0 Å². The van der Waals surface area contributed by atoms with Gasteiger partial charge in [-0.25, -0.2) is 0 Å². The summed E-state index contributed by atoms with van der Waals surface area (Å²) in [6.07, 6.45) is 17.1. The zero-order valence-electron chi connectivity index (χ0n) is 20.3. The number of hydrogen-bond donors (Lipinski definition) is 0. The summed E-state index contributed by atoms with van der Waals surface area (Å²) in [4.78, 5) is 23.6. The van der Waals surface area contributed by atoms with Gasteiger partial charge in [0.25, 0.3) is 0 Å². The molecular formula is C27H42Cl2O4. The third-order valence-corrected chi connectivity index (χ3v) is 6.03. The van der Waals surface area contributed by atoms with Crippen LogP contribution in [-0.4, -0.2) is 18.5 Å². The minimum atomic E-state index is -0.259. The van der Waals surface area contributed by atoms with E-state index < -0.39 is 0 Å². The number of hydrogen-bond acceptors (Lipinski definition) is 4. The molecule has 1 aromatic rings. The van der Waals surface area contributed by atoms with Crippen LogP contribution >= 0.6 is 23.2 Å². The molecule has 0 unspecified atom stereocenters. The van der Waals surface area contributed by atoms with E-state index in [0.717, 1.165) is 31.2 Å². The van der Waals surface area contributed by atoms with Gasteiger partial charge in [0.1, 0.15) is 6.61 Å². The smallest absolute Gasteiger partial charge is 0.306 e. The fourth-order valence-electron chi connectivity index (χ4n) is 3.67. The van der Waals surface area contributed by atoms with Crippen molar-refractivity contribution in [1.29, 1.82) is 0 Å². The highest BCUT2D eigenvalue weighted by Crippen LogP contribution is 2.20. The van der Waals surface area contributed by atoms with Crippen molar-refractivity contribution < 1.29 is 19.1 Å². The van der Waals surface area contributed by atoms with Gasteiger partial charge in [-0.15, -0.1) is 0 Å². The van der Waals surface area contributed by atoms with Crippen LogP contribution < -0.4 is 0 Å². The van der Waals surface area contributed by atoms with Gasteiger partial charge in [0.05, 0.1) is 6.61 Å². The average molecular weight is 502 g/mol. The summed E-state index contributed by atoms with van der Waals surface area (Å²) in [5.74, 6) is -0.396. The first-order valence-electron chi connectivity index (χ1n) is 12.8. The van der Waals surface area contributed by atoms with Crippen LogP contribution in [0.3, 0.4) is 0 Å². The molecule has 0 bridgehead atoms. The molecule has 0 aliphatic carbocycles. The van der Waals surface area contributed by atoms with Crippen LogP contribution in [-0.2, 0) is 25.7 Å². The molecule has 0 saturated carbocycles. The normalized spacial score (nSPS) is 10.9. The third kappa shape index (κ3) is 17.8. The Labute approximate surface area is 210 Å². The predicted molar refractivity (Wildman–Crippen MR) is 137 cm³/mol. The van der Waals surface area contributed by atoms with Gasteiger partial charge in [0, 0.05) is 22.9 Å². The second-order valence-corrected chi connectivity index (χ2v) is 9.63. The summed E-state index contributed by atoms with van der Waals surface area (Å²) >= 11 is 11.9. The SMILES string of the molecule is CCCCCCCCCCCCCOC(=O)CCCCCC(=O)OCc1cc(Cl)cc(Cl)c1. The van der Waals surface area contributed by atoms with Crippen molar-refractivity contribution >= 4 is 35.1 Å². The molecule has 0 aliphatic heterocycles. The number of halogens is 2. The monoisotopic (exact) mass is 500 g/mol. The molecule has 6 heteroatoms. The number of benzene rings is 1. The maximum atomic E-state index is 11.8. The summed E-state index contributed by atoms with van der Waals surface area (Å²) < 4.78 is 10.6. The van der Waals surface area contributed by atoms with Gasteiger partial charge in [-0.05, 0) is 43.0 Å². The maximum absolute atomic E-state index is 11.8. The van der Waals surface area contributed by atoms with Gasteiger partial charge in [0.15, 0.2) is 0 Å². The van der Waals surface area contributed by atoms with Crippen LogP contribution in [0, 0.1) is 0 Å². The van der Waals surface area contributed by atoms with Crippen LogP contribution in [0.25, 0.3) is 0 Å². The molecule has 0 spiro atoms. The Morgan fingerprint density at radius 3 is 1.64 bits per heavy atom. The molecule has 1 aromatic carbocycles. The van der Waals surface area contributed by atoms with E-state index in [9.17, 15) is 9.59 Å². The molecule has 0 atom stereocenters. The van der Waals surface area contributed by atoms with Crippen LogP contribution in [0.1, 0.15) is 115 Å². The van der Waals surface area contributed by atoms with Gasteiger partial charge in [-0.3, -0.25) is 9.59 Å². The van der Waals surface area contributed by atoms with Crippen LogP contribution in [0.15, 0.2) is 18.2 Å². The minimum absolute atomic E-state index is 0.137. The molecule has 0 saturated heterocycles. The van der Waals surface area contributed by atoms with Gasteiger partial charge in [-0.1, -0.05) is 101 Å². The van der Waals surface area contributed by atoms with Gasteiger partial charge < -0.3 is 9.47 Å². The summed E-state index contributed by atoms with van der Waals surface area (Å²) in [6.45, 7) is 2.93. The highest BCUT2D eigenvalue weighted by atomic mass is 35.5. The van der Waals surface area contributed by atoms with Crippen molar-refractivity contribution in [3.63, 3.8) is 0 Å². The second kappa shape index (κ2) is 20.1. The Balaban J connectivity index is 1.88. The molecule has 188 valence electrons. The predicted octanol–water partition coefficient (Wildman–Crippen LogP) is 8.84. The zero-order valence-corrected chi connectivity index (χ0v) is 21.9. The second-order valence-electron chi connectivity index (χ2n) is 8.76. The van der Waals surface area contributed by atoms with E-state index >= 15 is 0 Å². The molecule has 0 aromatic heterocycles. The number of carbonyl (C=O) groups excluding carboxylic acids is 2. The quantitative estimate of drug-likeness (QED) is 0.132. The molecular weight excluding hydrogens is 459 g/mol. The number of esters is 2. The van der Waals surface area contributed by atoms with Gasteiger partial charge in [0.2, 0.25) is 0 Å². The first-order chi connectivity index (χ1) is 16.0. The molecule has 0 amide bonds. The zero-order chi connectivity index (χ0) is 24.2. The molecule has 0 aliphatic rings. The van der Waals surface area contributed by atoms with Crippen molar-refractivity contribution in [3.05, 3.63) is 33.8 Å². The molecule has 33 heavy (non-hydrogen) atoms. The Kier molecular flexibility index (Phi) is 18.2. The lowest BCUT2D eigenvalue weighted by Crippen LogP contribution is -2.06. The topological polar surface area (TPSA) is 52.6 Å². The van der Waals surface area contributed by atoms with E-state index in [1.807, 2.05) is 0 Å². The van der Waals surface area contributed by atoms with Gasteiger partial charge >= 0.3 is 11.9 Å². The standard InChI is InChI=1S/C27H42Cl2O4/c1-2-3-4-5-6-7-8-9-10-11-15-18-32-26(30)16-13-12-14-17-27(31)33-22-23-19-24(28)21-25(29)20-23/h19-21H,2-18,22H2,1H3. The molecule has 0 N–H and O–H groups in total. The van der Waals surface area contributed by atoms with E-state index in [1.54, 1.807) is 18.2 Å². The minimum Gasteiger partial charge on any atom is -0.466 e. The molecule has 4 nitrogen and oxygen atoms in total. The van der Waals surface area contributed by atoms with Crippen molar-refractivity contribution in [2.45, 2.75) is 116 Å². The summed E-state index contributed by atoms with van der Waals surface area (Å²) in [5, 5.41) is 1.04. The van der Waals surface area contributed by atoms with Crippen molar-refractivity contribution in [3.8, 4) is 0 Å². The first-order valence-corrected chi connectivity index (χ1v) is 13.5. The van der Waals surface area contributed by atoms with Crippen LogP contribution in [0.4, 0.5) is 0 Å². The van der Waals surface area contributed by atoms with E-state index in [1.165, 1.54) is 57.8 Å². The number of unbranched alkanes of at least 4 members (excludes halogenated alkanes) is 12. The highest BCUT2D eigenvalue weighted by Gasteiger charge is 2.07. The molecule has 0 fully saturated rings. The fourth-order valence-corrected chi connectivity index (χ4v) is 4.24.